The van der Waals surface area contributed by atoms with Crippen molar-refractivity contribution < 1.29 is 0 Å². The van der Waals surface area contributed by atoms with E-state index in [4.69, 9.17) is 5.73 Å². The molecule has 0 aliphatic rings. The van der Waals surface area contributed by atoms with E-state index < -0.39 is 0 Å². The number of nitrogen functional groups attached to an aromatic ring is 1. The van der Waals surface area contributed by atoms with Crippen LogP contribution in [0.25, 0.3) is 17.0 Å². The van der Waals surface area contributed by atoms with E-state index in [9.17, 15) is 0 Å². The molecule has 3 rings (SSSR count). The zero-order chi connectivity index (χ0) is 15.1. The van der Waals surface area contributed by atoms with Crippen molar-refractivity contribution in [3.05, 3.63) is 29.6 Å². The SMILES string of the molecule is Cc1cc2ncn(-c3nc(N)nc(N(C)C)n3)c2cc1C. The maximum atomic E-state index is 5.78. The number of fused-ring (bicyclic) bond motifs is 1. The van der Waals surface area contributed by atoms with Gasteiger partial charge in [0.25, 0.3) is 0 Å². The number of anilines is 2. The summed E-state index contributed by atoms with van der Waals surface area (Å²) in [5.74, 6) is 1.18. The van der Waals surface area contributed by atoms with E-state index in [-0.39, 0.29) is 5.95 Å². The van der Waals surface area contributed by atoms with Crippen LogP contribution in [0.3, 0.4) is 0 Å². The first-order valence-electron chi connectivity index (χ1n) is 6.59. The Morgan fingerprint density at radius 3 is 2.48 bits per heavy atom. The summed E-state index contributed by atoms with van der Waals surface area (Å²) < 4.78 is 1.83. The molecule has 21 heavy (non-hydrogen) atoms. The number of nitrogens with two attached hydrogens (primary N) is 1. The van der Waals surface area contributed by atoms with Gasteiger partial charge in [0.2, 0.25) is 17.8 Å². The molecule has 0 atom stereocenters. The van der Waals surface area contributed by atoms with Crippen molar-refractivity contribution in [3.8, 4) is 5.95 Å². The number of hydrogen-bond acceptors (Lipinski definition) is 6. The third-order valence-corrected chi connectivity index (χ3v) is 3.41. The Kier molecular flexibility index (Phi) is 2.97. The first kappa shape index (κ1) is 13.3. The minimum Gasteiger partial charge on any atom is -0.368 e. The van der Waals surface area contributed by atoms with Gasteiger partial charge in [0, 0.05) is 14.1 Å². The van der Waals surface area contributed by atoms with Crippen molar-refractivity contribution in [1.29, 1.82) is 0 Å². The van der Waals surface area contributed by atoms with Gasteiger partial charge in [-0.15, -0.1) is 0 Å². The number of imidazole rings is 1. The van der Waals surface area contributed by atoms with Crippen LogP contribution in [0.1, 0.15) is 11.1 Å². The smallest absolute Gasteiger partial charge is 0.242 e. The van der Waals surface area contributed by atoms with Gasteiger partial charge in [-0.1, -0.05) is 0 Å². The van der Waals surface area contributed by atoms with Crippen LogP contribution in [0.2, 0.25) is 0 Å². The Bertz CT molecular complexity index is 820. The van der Waals surface area contributed by atoms with Crippen LogP contribution in [0.15, 0.2) is 18.5 Å². The maximum Gasteiger partial charge on any atom is 0.242 e. The molecule has 0 bridgehead atoms. The monoisotopic (exact) mass is 283 g/mol. The van der Waals surface area contributed by atoms with Gasteiger partial charge in [-0.05, 0) is 37.1 Å². The first-order valence-corrected chi connectivity index (χ1v) is 6.59. The van der Waals surface area contributed by atoms with Crippen LogP contribution in [-0.4, -0.2) is 38.6 Å². The van der Waals surface area contributed by atoms with E-state index in [1.54, 1.807) is 11.2 Å². The van der Waals surface area contributed by atoms with Crippen LogP contribution in [0, 0.1) is 13.8 Å². The van der Waals surface area contributed by atoms with Crippen molar-refractivity contribution in [2.75, 3.05) is 24.7 Å². The lowest BCUT2D eigenvalue weighted by Gasteiger charge is -2.12. The molecule has 2 heterocycles. The highest BCUT2D eigenvalue weighted by Gasteiger charge is 2.12. The van der Waals surface area contributed by atoms with Crippen LogP contribution in [0.5, 0.6) is 0 Å². The van der Waals surface area contributed by atoms with E-state index in [0.29, 0.717) is 11.9 Å². The lowest BCUT2D eigenvalue weighted by atomic mass is 10.1. The molecule has 2 N–H and O–H groups in total. The molecule has 0 aliphatic carbocycles. The van der Waals surface area contributed by atoms with Gasteiger partial charge in [0.15, 0.2) is 0 Å². The van der Waals surface area contributed by atoms with E-state index >= 15 is 0 Å². The number of benzene rings is 1. The average Bonchev–Trinajstić information content (AvgIpc) is 2.81. The first-order chi connectivity index (χ1) is 9.95. The van der Waals surface area contributed by atoms with Gasteiger partial charge in [-0.25, -0.2) is 4.98 Å². The normalized spacial score (nSPS) is 11.0. The Hall–Kier alpha value is -2.70. The summed E-state index contributed by atoms with van der Waals surface area (Å²) in [7, 11) is 3.72. The van der Waals surface area contributed by atoms with Crippen molar-refractivity contribution in [1.82, 2.24) is 24.5 Å². The fourth-order valence-corrected chi connectivity index (χ4v) is 2.10. The lowest BCUT2D eigenvalue weighted by Crippen LogP contribution is -2.16. The van der Waals surface area contributed by atoms with Crippen molar-refractivity contribution in [2.24, 2.45) is 0 Å². The molecule has 2 aromatic heterocycles. The molecular formula is C14H17N7. The van der Waals surface area contributed by atoms with Gasteiger partial charge in [0.1, 0.15) is 6.33 Å². The number of aromatic nitrogens is 5. The van der Waals surface area contributed by atoms with Crippen LogP contribution >= 0.6 is 0 Å². The molecule has 0 saturated carbocycles. The molecule has 7 nitrogen and oxygen atoms in total. The summed E-state index contributed by atoms with van der Waals surface area (Å²) in [6.07, 6.45) is 1.71. The van der Waals surface area contributed by atoms with Gasteiger partial charge in [-0.3, -0.25) is 4.57 Å². The Balaban J connectivity index is 2.23. The maximum absolute atomic E-state index is 5.78. The summed E-state index contributed by atoms with van der Waals surface area (Å²) >= 11 is 0. The van der Waals surface area contributed by atoms with E-state index in [1.165, 1.54) is 11.1 Å². The molecule has 1 aromatic carbocycles. The molecule has 0 radical (unpaired) electrons. The van der Waals surface area contributed by atoms with Gasteiger partial charge < -0.3 is 10.6 Å². The summed E-state index contributed by atoms with van der Waals surface area (Å²) in [5.41, 5.74) is 10.0. The molecule has 0 saturated heterocycles. The second-order valence-electron chi connectivity index (χ2n) is 5.23. The lowest BCUT2D eigenvalue weighted by molar-refractivity contribution is 0.890. The van der Waals surface area contributed by atoms with Crippen LogP contribution in [0.4, 0.5) is 11.9 Å². The molecule has 0 amide bonds. The van der Waals surface area contributed by atoms with Crippen LogP contribution in [-0.2, 0) is 0 Å². The number of rotatable bonds is 2. The van der Waals surface area contributed by atoms with Crippen LogP contribution < -0.4 is 10.6 Å². The largest absolute Gasteiger partial charge is 0.368 e. The summed E-state index contributed by atoms with van der Waals surface area (Å²) in [6.45, 7) is 4.14. The van der Waals surface area contributed by atoms with Crippen molar-refractivity contribution in [3.63, 3.8) is 0 Å². The van der Waals surface area contributed by atoms with Crippen molar-refractivity contribution >= 4 is 22.9 Å². The van der Waals surface area contributed by atoms with Gasteiger partial charge >= 0.3 is 0 Å². The van der Waals surface area contributed by atoms with Gasteiger partial charge in [0.05, 0.1) is 11.0 Å². The fourth-order valence-electron chi connectivity index (χ4n) is 2.10. The molecule has 7 heteroatoms. The molecule has 0 aliphatic heterocycles. The highest BCUT2D eigenvalue weighted by molar-refractivity contribution is 5.78. The number of aryl methyl sites for hydroxylation is 2. The number of hydrogen-bond donors (Lipinski definition) is 1. The Morgan fingerprint density at radius 2 is 1.76 bits per heavy atom. The second kappa shape index (κ2) is 4.69. The molecule has 0 unspecified atom stereocenters. The predicted molar refractivity (Wildman–Crippen MR) is 82.7 cm³/mol. The van der Waals surface area contributed by atoms with E-state index in [1.807, 2.05) is 18.7 Å². The van der Waals surface area contributed by atoms with E-state index in [2.05, 4.69) is 45.9 Å². The summed E-state index contributed by atoms with van der Waals surface area (Å²) in [6, 6.07) is 4.13. The summed E-state index contributed by atoms with van der Waals surface area (Å²) in [4.78, 5) is 18.9. The molecule has 108 valence electrons. The topological polar surface area (TPSA) is 85.8 Å². The van der Waals surface area contributed by atoms with E-state index in [0.717, 1.165) is 11.0 Å². The minimum absolute atomic E-state index is 0.189. The molecule has 3 aromatic rings. The molecule has 0 fully saturated rings. The Labute approximate surface area is 122 Å². The zero-order valence-electron chi connectivity index (χ0n) is 12.5. The second-order valence-corrected chi connectivity index (χ2v) is 5.23. The highest BCUT2D eigenvalue weighted by Crippen LogP contribution is 2.21. The highest BCUT2D eigenvalue weighted by atomic mass is 15.3. The quantitative estimate of drug-likeness (QED) is 0.766. The number of nitrogens with zero attached hydrogens (tertiary/aromatic N) is 6. The zero-order valence-corrected chi connectivity index (χ0v) is 12.5. The van der Waals surface area contributed by atoms with Crippen molar-refractivity contribution in [2.45, 2.75) is 13.8 Å². The Morgan fingerprint density at radius 1 is 1.05 bits per heavy atom. The third-order valence-electron chi connectivity index (χ3n) is 3.41. The minimum atomic E-state index is 0.189. The summed E-state index contributed by atoms with van der Waals surface area (Å²) in [5, 5.41) is 0. The third kappa shape index (κ3) is 2.26. The average molecular weight is 283 g/mol. The predicted octanol–water partition coefficient (Wildman–Crippen LogP) is 1.48. The van der Waals surface area contributed by atoms with Gasteiger partial charge in [-0.2, -0.15) is 15.0 Å². The molecular weight excluding hydrogens is 266 g/mol. The fraction of sp³-hybridized carbons (Fsp3) is 0.286. The standard InChI is InChI=1S/C14H17N7/c1-8-5-10-11(6-9(8)2)21(7-16-10)14-18-12(15)17-13(19-14)20(3)4/h5-7H,1-4H3,(H2,15,17,18,19). The molecule has 0 spiro atoms.